The Hall–Kier alpha value is -3.26. The highest BCUT2D eigenvalue weighted by molar-refractivity contribution is 5.95. The lowest BCUT2D eigenvalue weighted by Gasteiger charge is -2.35. The fourth-order valence-electron chi connectivity index (χ4n) is 3.71. The third-order valence-electron chi connectivity index (χ3n) is 5.81. The number of carbonyl (C=O) groups is 3. The average molecular weight is 426 g/mol. The summed E-state index contributed by atoms with van der Waals surface area (Å²) < 4.78 is 19.0. The van der Waals surface area contributed by atoms with Gasteiger partial charge in [-0.3, -0.25) is 9.59 Å². The molecule has 7 nitrogen and oxygen atoms in total. The number of benzene rings is 2. The van der Waals surface area contributed by atoms with E-state index < -0.39 is 17.4 Å². The van der Waals surface area contributed by atoms with Crippen LogP contribution in [0, 0.1) is 5.82 Å². The van der Waals surface area contributed by atoms with E-state index in [1.807, 2.05) is 0 Å². The number of aliphatic hydroxyl groups is 1. The molecular weight excluding hydrogens is 403 g/mol. The van der Waals surface area contributed by atoms with Gasteiger partial charge >= 0.3 is 5.97 Å². The van der Waals surface area contributed by atoms with Crippen molar-refractivity contribution in [2.24, 2.45) is 0 Å². The van der Waals surface area contributed by atoms with Gasteiger partial charge in [-0.1, -0.05) is 12.1 Å². The second-order valence-electron chi connectivity index (χ2n) is 7.88. The lowest BCUT2D eigenvalue weighted by atomic mass is 10.0. The molecule has 2 aliphatic rings. The zero-order chi connectivity index (χ0) is 22.2. The van der Waals surface area contributed by atoms with E-state index >= 15 is 0 Å². The van der Waals surface area contributed by atoms with Crippen molar-refractivity contribution in [2.75, 3.05) is 33.3 Å². The molecule has 0 spiro atoms. The average Bonchev–Trinajstić information content (AvgIpc) is 3.56. The Labute approximate surface area is 179 Å². The molecule has 0 atom stereocenters. The highest BCUT2D eigenvalue weighted by atomic mass is 19.1. The number of amides is 2. The maximum absolute atomic E-state index is 14.3. The van der Waals surface area contributed by atoms with Crippen LogP contribution in [-0.2, 0) is 9.53 Å². The number of nitrogens with zero attached hydrogens (tertiary/aromatic N) is 2. The summed E-state index contributed by atoms with van der Waals surface area (Å²) in [4.78, 5) is 40.0. The van der Waals surface area contributed by atoms with E-state index in [9.17, 15) is 23.9 Å². The normalized spacial score (nSPS) is 17.3. The molecule has 162 valence electrons. The molecular formula is C23H23FN2O5. The molecule has 1 saturated heterocycles. The molecule has 1 aliphatic heterocycles. The Morgan fingerprint density at radius 3 is 2.10 bits per heavy atom. The zero-order valence-electron chi connectivity index (χ0n) is 17.1. The van der Waals surface area contributed by atoms with Crippen molar-refractivity contribution >= 4 is 17.8 Å². The van der Waals surface area contributed by atoms with Crippen molar-refractivity contribution in [3.8, 4) is 11.1 Å². The summed E-state index contributed by atoms with van der Waals surface area (Å²) in [5.41, 5.74) is 0.277. The standard InChI is InChI=1S/C23H23FN2O5/c1-31-21(28)17-6-7-19(24)18(14-17)15-2-4-16(5-3-15)20(27)25-10-12-26(13-11-25)22(29)23(30)8-9-23/h2-7,14,30H,8-13H2,1H3. The van der Waals surface area contributed by atoms with E-state index in [4.69, 9.17) is 0 Å². The van der Waals surface area contributed by atoms with Crippen LogP contribution in [0.25, 0.3) is 11.1 Å². The van der Waals surface area contributed by atoms with Gasteiger partial charge < -0.3 is 19.6 Å². The SMILES string of the molecule is COC(=O)c1ccc(F)c(-c2ccc(C(=O)N3CCN(C(=O)C4(O)CC4)CC3)cc2)c1. The summed E-state index contributed by atoms with van der Waals surface area (Å²) >= 11 is 0. The van der Waals surface area contributed by atoms with Crippen LogP contribution < -0.4 is 0 Å². The molecule has 2 amide bonds. The van der Waals surface area contributed by atoms with Crippen LogP contribution in [0.4, 0.5) is 4.39 Å². The van der Waals surface area contributed by atoms with Crippen LogP contribution in [0.5, 0.6) is 0 Å². The number of hydrogen-bond donors (Lipinski definition) is 1. The topological polar surface area (TPSA) is 87.2 Å². The molecule has 4 rings (SSSR count). The molecule has 31 heavy (non-hydrogen) atoms. The second-order valence-corrected chi connectivity index (χ2v) is 7.88. The lowest BCUT2D eigenvalue weighted by molar-refractivity contribution is -0.143. The highest BCUT2D eigenvalue weighted by Crippen LogP contribution is 2.37. The van der Waals surface area contributed by atoms with E-state index in [-0.39, 0.29) is 22.9 Å². The maximum atomic E-state index is 14.3. The van der Waals surface area contributed by atoms with Gasteiger partial charge in [0.25, 0.3) is 11.8 Å². The predicted molar refractivity (Wildman–Crippen MR) is 110 cm³/mol. The second kappa shape index (κ2) is 8.11. The third-order valence-corrected chi connectivity index (χ3v) is 5.81. The number of carbonyl (C=O) groups excluding carboxylic acids is 3. The highest BCUT2D eigenvalue weighted by Gasteiger charge is 2.50. The predicted octanol–water partition coefficient (Wildman–Crippen LogP) is 2.09. The van der Waals surface area contributed by atoms with Crippen LogP contribution in [0.2, 0.25) is 0 Å². The fourth-order valence-corrected chi connectivity index (χ4v) is 3.71. The minimum absolute atomic E-state index is 0.174. The van der Waals surface area contributed by atoms with Gasteiger partial charge in [-0.25, -0.2) is 9.18 Å². The number of hydrogen-bond acceptors (Lipinski definition) is 5. The lowest BCUT2D eigenvalue weighted by Crippen LogP contribution is -2.53. The third kappa shape index (κ3) is 4.16. The summed E-state index contributed by atoms with van der Waals surface area (Å²) in [6.45, 7) is 1.55. The van der Waals surface area contributed by atoms with Gasteiger partial charge in [-0.05, 0) is 48.7 Å². The van der Waals surface area contributed by atoms with E-state index in [0.29, 0.717) is 50.1 Å². The number of methoxy groups -OCH3 is 1. The van der Waals surface area contributed by atoms with Gasteiger partial charge in [0.15, 0.2) is 0 Å². The molecule has 0 unspecified atom stereocenters. The Balaban J connectivity index is 1.43. The Morgan fingerprint density at radius 1 is 0.935 bits per heavy atom. The van der Waals surface area contributed by atoms with Crippen molar-refractivity contribution in [1.82, 2.24) is 9.80 Å². The van der Waals surface area contributed by atoms with Crippen molar-refractivity contribution in [3.05, 3.63) is 59.4 Å². The van der Waals surface area contributed by atoms with E-state index in [1.54, 1.807) is 34.1 Å². The molecule has 0 radical (unpaired) electrons. The van der Waals surface area contributed by atoms with Crippen LogP contribution >= 0.6 is 0 Å². The molecule has 0 bridgehead atoms. The van der Waals surface area contributed by atoms with E-state index in [1.165, 1.54) is 25.3 Å². The largest absolute Gasteiger partial charge is 0.465 e. The molecule has 1 N–H and O–H groups in total. The Morgan fingerprint density at radius 2 is 1.52 bits per heavy atom. The zero-order valence-corrected chi connectivity index (χ0v) is 17.1. The minimum atomic E-state index is -1.19. The number of ether oxygens (including phenoxy) is 1. The first-order chi connectivity index (χ1) is 14.8. The van der Waals surface area contributed by atoms with Gasteiger partial charge in [0, 0.05) is 37.3 Å². The molecule has 1 saturated carbocycles. The maximum Gasteiger partial charge on any atom is 0.337 e. The number of halogens is 1. The first-order valence-corrected chi connectivity index (χ1v) is 10.1. The summed E-state index contributed by atoms with van der Waals surface area (Å²) in [5, 5.41) is 9.98. The van der Waals surface area contributed by atoms with Crippen LogP contribution in [-0.4, -0.2) is 71.6 Å². The molecule has 0 aromatic heterocycles. The van der Waals surface area contributed by atoms with Crippen LogP contribution in [0.15, 0.2) is 42.5 Å². The Bertz CT molecular complexity index is 1020. The van der Waals surface area contributed by atoms with Gasteiger partial charge in [0.05, 0.1) is 12.7 Å². The van der Waals surface area contributed by atoms with Crippen LogP contribution in [0.1, 0.15) is 33.6 Å². The summed E-state index contributed by atoms with van der Waals surface area (Å²) in [7, 11) is 1.26. The first-order valence-electron chi connectivity index (χ1n) is 10.1. The van der Waals surface area contributed by atoms with Crippen molar-refractivity contribution in [3.63, 3.8) is 0 Å². The quantitative estimate of drug-likeness (QED) is 0.757. The molecule has 1 heterocycles. The summed E-state index contributed by atoms with van der Waals surface area (Å²) in [5.74, 6) is -1.46. The minimum Gasteiger partial charge on any atom is -0.465 e. The van der Waals surface area contributed by atoms with E-state index in [2.05, 4.69) is 4.74 Å². The summed E-state index contributed by atoms with van der Waals surface area (Å²) in [6, 6.07) is 10.5. The van der Waals surface area contributed by atoms with Crippen molar-refractivity contribution in [1.29, 1.82) is 0 Å². The molecule has 1 aliphatic carbocycles. The monoisotopic (exact) mass is 426 g/mol. The number of piperazine rings is 1. The molecule has 8 heteroatoms. The van der Waals surface area contributed by atoms with E-state index in [0.717, 1.165) is 0 Å². The summed E-state index contributed by atoms with van der Waals surface area (Å²) in [6.07, 6.45) is 1.00. The molecule has 2 aromatic carbocycles. The fraction of sp³-hybridized carbons (Fsp3) is 0.348. The number of rotatable bonds is 4. The van der Waals surface area contributed by atoms with Gasteiger partial charge in [0.1, 0.15) is 11.4 Å². The number of esters is 1. The van der Waals surface area contributed by atoms with Gasteiger partial charge in [0.2, 0.25) is 0 Å². The van der Waals surface area contributed by atoms with Crippen molar-refractivity contribution in [2.45, 2.75) is 18.4 Å². The van der Waals surface area contributed by atoms with Crippen molar-refractivity contribution < 1.29 is 28.6 Å². The first kappa shape index (κ1) is 21.0. The smallest absolute Gasteiger partial charge is 0.337 e. The molecule has 2 aromatic rings. The van der Waals surface area contributed by atoms with Crippen LogP contribution in [0.3, 0.4) is 0 Å². The van der Waals surface area contributed by atoms with Gasteiger partial charge in [-0.2, -0.15) is 0 Å². The molecule has 2 fully saturated rings. The van der Waals surface area contributed by atoms with Gasteiger partial charge in [-0.15, -0.1) is 0 Å². The Kier molecular flexibility index (Phi) is 5.49.